The summed E-state index contributed by atoms with van der Waals surface area (Å²) in [5.74, 6) is -1.24. The molecule has 9 heteroatoms. The minimum Gasteiger partial charge on any atom is -0.486 e. The number of hydrazine groups is 1. The molecule has 2 aromatic carbocycles. The van der Waals surface area contributed by atoms with Crippen molar-refractivity contribution in [3.05, 3.63) is 53.6 Å². The van der Waals surface area contributed by atoms with Crippen molar-refractivity contribution in [3.8, 4) is 11.5 Å². The number of carbonyl (C=O) groups excluding carboxylic acids is 4. The largest absolute Gasteiger partial charge is 0.486 e. The minimum absolute atomic E-state index is 0.249. The van der Waals surface area contributed by atoms with Gasteiger partial charge in [-0.3, -0.25) is 24.6 Å². The standard InChI is InChI=1S/C22H21N3O6/c1-13-3-5-15(6-4-13)21(28)23-25(14(2)26)17-12-20(27)24(22(17)29)16-7-8-18-19(11-16)31-10-9-30-18/h3-8,11,17H,9-10,12H2,1-2H3,(H,23,28). The lowest BCUT2D eigenvalue weighted by atomic mass is 10.1. The fourth-order valence-corrected chi connectivity index (χ4v) is 3.51. The van der Waals surface area contributed by atoms with Gasteiger partial charge in [-0.05, 0) is 31.2 Å². The van der Waals surface area contributed by atoms with Crippen LogP contribution in [0.4, 0.5) is 5.69 Å². The maximum atomic E-state index is 13.1. The molecule has 0 aliphatic carbocycles. The van der Waals surface area contributed by atoms with Crippen LogP contribution >= 0.6 is 0 Å². The lowest BCUT2D eigenvalue weighted by Crippen LogP contribution is -2.54. The van der Waals surface area contributed by atoms with Crippen LogP contribution in [0.1, 0.15) is 29.3 Å². The molecule has 2 aliphatic heterocycles. The number of hydrogen-bond donors (Lipinski definition) is 1. The number of ether oxygens (including phenoxy) is 2. The van der Waals surface area contributed by atoms with Crippen molar-refractivity contribution in [2.75, 3.05) is 18.1 Å². The molecular weight excluding hydrogens is 402 g/mol. The first-order chi connectivity index (χ1) is 14.8. The number of nitrogens with zero attached hydrogens (tertiary/aromatic N) is 2. The van der Waals surface area contributed by atoms with Crippen LogP contribution in [0.2, 0.25) is 0 Å². The van der Waals surface area contributed by atoms with Gasteiger partial charge >= 0.3 is 0 Å². The predicted octanol–water partition coefficient (Wildman–Crippen LogP) is 1.59. The monoisotopic (exact) mass is 423 g/mol. The third-order valence-corrected chi connectivity index (χ3v) is 5.09. The molecule has 31 heavy (non-hydrogen) atoms. The first-order valence-electron chi connectivity index (χ1n) is 9.79. The average Bonchev–Trinajstić information content (AvgIpc) is 3.05. The van der Waals surface area contributed by atoms with Crippen LogP contribution in [0.3, 0.4) is 0 Å². The molecule has 4 rings (SSSR count). The molecule has 0 bridgehead atoms. The van der Waals surface area contributed by atoms with Crippen molar-refractivity contribution in [2.45, 2.75) is 26.3 Å². The smallest absolute Gasteiger partial charge is 0.269 e. The number of nitrogens with one attached hydrogen (secondary N) is 1. The van der Waals surface area contributed by atoms with E-state index in [1.165, 1.54) is 6.92 Å². The number of anilines is 1. The quantitative estimate of drug-likeness (QED) is 0.594. The molecule has 4 amide bonds. The van der Waals surface area contributed by atoms with Crippen LogP contribution in [0, 0.1) is 6.92 Å². The molecule has 9 nitrogen and oxygen atoms in total. The number of fused-ring (bicyclic) bond motifs is 1. The number of imide groups is 1. The van der Waals surface area contributed by atoms with Crippen LogP contribution in [-0.2, 0) is 14.4 Å². The molecule has 0 saturated carbocycles. The lowest BCUT2D eigenvalue weighted by Gasteiger charge is -2.27. The van der Waals surface area contributed by atoms with Crippen molar-refractivity contribution in [2.24, 2.45) is 0 Å². The summed E-state index contributed by atoms with van der Waals surface area (Å²) >= 11 is 0. The van der Waals surface area contributed by atoms with Crippen LogP contribution in [0.25, 0.3) is 0 Å². The summed E-state index contributed by atoms with van der Waals surface area (Å²) in [5, 5.41) is 0.917. The van der Waals surface area contributed by atoms with E-state index in [2.05, 4.69) is 5.43 Å². The van der Waals surface area contributed by atoms with Gasteiger partial charge in [-0.25, -0.2) is 9.91 Å². The Kier molecular flexibility index (Phi) is 5.33. The molecule has 2 aromatic rings. The highest BCUT2D eigenvalue weighted by molar-refractivity contribution is 6.23. The minimum atomic E-state index is -1.15. The summed E-state index contributed by atoms with van der Waals surface area (Å²) in [5.41, 5.74) is 4.09. The maximum absolute atomic E-state index is 13.1. The van der Waals surface area contributed by atoms with Crippen LogP contribution < -0.4 is 19.8 Å². The fraction of sp³-hybridized carbons (Fsp3) is 0.273. The van der Waals surface area contributed by atoms with E-state index in [9.17, 15) is 19.2 Å². The Morgan fingerprint density at radius 2 is 1.71 bits per heavy atom. The van der Waals surface area contributed by atoms with Crippen molar-refractivity contribution in [1.29, 1.82) is 0 Å². The van der Waals surface area contributed by atoms with Gasteiger partial charge in [-0.1, -0.05) is 17.7 Å². The molecule has 2 aliphatic rings. The second-order valence-corrected chi connectivity index (χ2v) is 7.31. The highest BCUT2D eigenvalue weighted by atomic mass is 16.6. The highest BCUT2D eigenvalue weighted by Gasteiger charge is 2.45. The molecule has 1 unspecified atom stereocenters. The molecule has 1 fully saturated rings. The molecule has 1 N–H and O–H groups in total. The van der Waals surface area contributed by atoms with Gasteiger partial charge in [0, 0.05) is 18.6 Å². The van der Waals surface area contributed by atoms with Gasteiger partial charge in [0.2, 0.25) is 11.8 Å². The number of benzene rings is 2. The molecule has 0 spiro atoms. The van der Waals surface area contributed by atoms with Crippen molar-refractivity contribution in [3.63, 3.8) is 0 Å². The Balaban J connectivity index is 1.56. The lowest BCUT2D eigenvalue weighted by molar-refractivity contribution is -0.139. The Morgan fingerprint density at radius 1 is 1.03 bits per heavy atom. The number of rotatable bonds is 3. The van der Waals surface area contributed by atoms with Gasteiger partial charge in [-0.15, -0.1) is 0 Å². The van der Waals surface area contributed by atoms with E-state index in [0.717, 1.165) is 15.5 Å². The number of aryl methyl sites for hydroxylation is 1. The van der Waals surface area contributed by atoms with Crippen molar-refractivity contribution >= 4 is 29.3 Å². The normalized spacial score (nSPS) is 17.5. The first-order valence-corrected chi connectivity index (χ1v) is 9.79. The van der Waals surface area contributed by atoms with Crippen molar-refractivity contribution in [1.82, 2.24) is 10.4 Å². The van der Waals surface area contributed by atoms with E-state index in [1.807, 2.05) is 6.92 Å². The molecule has 0 aromatic heterocycles. The molecular formula is C22H21N3O6. The average molecular weight is 423 g/mol. The van der Waals surface area contributed by atoms with E-state index >= 15 is 0 Å². The molecule has 160 valence electrons. The van der Waals surface area contributed by atoms with E-state index in [4.69, 9.17) is 9.47 Å². The molecule has 1 atom stereocenters. The number of hydrogen-bond acceptors (Lipinski definition) is 6. The summed E-state index contributed by atoms with van der Waals surface area (Å²) in [6.07, 6.45) is -0.249. The summed E-state index contributed by atoms with van der Waals surface area (Å²) in [4.78, 5) is 51.6. The summed E-state index contributed by atoms with van der Waals surface area (Å²) in [7, 11) is 0. The molecule has 1 saturated heterocycles. The van der Waals surface area contributed by atoms with Gasteiger partial charge in [0.05, 0.1) is 12.1 Å². The number of amides is 4. The number of carbonyl (C=O) groups is 4. The zero-order chi connectivity index (χ0) is 22.1. The summed E-state index contributed by atoms with van der Waals surface area (Å²) in [6.45, 7) is 3.90. The second kappa shape index (κ2) is 8.10. The van der Waals surface area contributed by atoms with Gasteiger partial charge < -0.3 is 9.47 Å². The third kappa shape index (κ3) is 3.94. The van der Waals surface area contributed by atoms with Crippen LogP contribution in [0.5, 0.6) is 11.5 Å². The van der Waals surface area contributed by atoms with E-state index in [-0.39, 0.29) is 6.42 Å². The Hall–Kier alpha value is -3.88. The van der Waals surface area contributed by atoms with Crippen LogP contribution in [0.15, 0.2) is 42.5 Å². The van der Waals surface area contributed by atoms with Crippen molar-refractivity contribution < 1.29 is 28.7 Å². The zero-order valence-corrected chi connectivity index (χ0v) is 17.1. The van der Waals surface area contributed by atoms with Gasteiger partial charge in [0.25, 0.3) is 11.8 Å². The second-order valence-electron chi connectivity index (χ2n) is 7.31. The first kappa shape index (κ1) is 20.4. The Bertz CT molecular complexity index is 1070. The van der Waals surface area contributed by atoms with E-state index in [1.54, 1.807) is 42.5 Å². The topological polar surface area (TPSA) is 105 Å². The van der Waals surface area contributed by atoms with E-state index in [0.29, 0.717) is 36.0 Å². The van der Waals surface area contributed by atoms with Gasteiger partial charge in [0.1, 0.15) is 19.3 Å². The highest BCUT2D eigenvalue weighted by Crippen LogP contribution is 2.36. The molecule has 2 heterocycles. The summed E-state index contributed by atoms with van der Waals surface area (Å²) < 4.78 is 11.0. The maximum Gasteiger partial charge on any atom is 0.269 e. The van der Waals surface area contributed by atoms with Crippen LogP contribution in [-0.4, -0.2) is 47.9 Å². The van der Waals surface area contributed by atoms with Gasteiger partial charge in [-0.2, -0.15) is 0 Å². The van der Waals surface area contributed by atoms with E-state index < -0.39 is 29.7 Å². The summed E-state index contributed by atoms with van der Waals surface area (Å²) in [6, 6.07) is 10.4. The Morgan fingerprint density at radius 3 is 2.39 bits per heavy atom. The van der Waals surface area contributed by atoms with Gasteiger partial charge in [0.15, 0.2) is 11.5 Å². The molecule has 0 radical (unpaired) electrons. The Labute approximate surface area is 178 Å². The predicted molar refractivity (Wildman–Crippen MR) is 109 cm³/mol. The fourth-order valence-electron chi connectivity index (χ4n) is 3.51. The SMILES string of the molecule is CC(=O)N(NC(=O)c1ccc(C)cc1)C1CC(=O)N(c2ccc3c(c2)OCCO3)C1=O. The zero-order valence-electron chi connectivity index (χ0n) is 17.1. The third-order valence-electron chi connectivity index (χ3n) is 5.09.